The summed E-state index contributed by atoms with van der Waals surface area (Å²) in [7, 11) is 1.56. The largest absolute Gasteiger partial charge is 0.495 e. The van der Waals surface area contributed by atoms with E-state index in [0.717, 1.165) is 5.56 Å². The molecule has 2 rings (SSSR count). The highest BCUT2D eigenvalue weighted by molar-refractivity contribution is 5.98. The number of benzene rings is 1. The highest BCUT2D eigenvalue weighted by atomic mass is 16.5. The Morgan fingerprint density at radius 2 is 2.28 bits per heavy atom. The summed E-state index contributed by atoms with van der Waals surface area (Å²) in [4.78, 5) is 23.0. The first-order chi connectivity index (χ1) is 8.60. The van der Waals surface area contributed by atoms with Crippen molar-refractivity contribution in [2.45, 2.75) is 13.3 Å². The quantitative estimate of drug-likeness (QED) is 0.841. The molecule has 1 atom stereocenters. The maximum Gasteiger partial charge on any atom is 0.229 e. The molecule has 0 aliphatic carbocycles. The van der Waals surface area contributed by atoms with E-state index in [9.17, 15) is 9.59 Å². The van der Waals surface area contributed by atoms with E-state index in [0.29, 0.717) is 18.0 Å². The predicted molar refractivity (Wildman–Crippen MR) is 67.5 cm³/mol. The Labute approximate surface area is 106 Å². The van der Waals surface area contributed by atoms with Crippen LogP contribution in [0.25, 0.3) is 0 Å². The minimum atomic E-state index is -0.302. The number of carbonyl (C=O) groups excluding carboxylic acids is 2. The van der Waals surface area contributed by atoms with Crippen LogP contribution in [0.4, 0.5) is 5.69 Å². The van der Waals surface area contributed by atoms with Gasteiger partial charge in [-0.05, 0) is 24.6 Å². The van der Waals surface area contributed by atoms with Crippen LogP contribution in [0.3, 0.4) is 0 Å². The average Bonchev–Trinajstić information content (AvgIpc) is 2.78. The lowest BCUT2D eigenvalue weighted by Gasteiger charge is -2.13. The van der Waals surface area contributed by atoms with E-state index in [1.165, 1.54) is 0 Å². The van der Waals surface area contributed by atoms with E-state index in [1.807, 2.05) is 19.1 Å². The molecule has 2 amide bonds. The van der Waals surface area contributed by atoms with Gasteiger partial charge >= 0.3 is 0 Å². The summed E-state index contributed by atoms with van der Waals surface area (Å²) in [5.74, 6) is 0.0886. The lowest BCUT2D eigenvalue weighted by atomic mass is 10.1. The molecule has 0 spiro atoms. The van der Waals surface area contributed by atoms with Gasteiger partial charge in [-0.2, -0.15) is 0 Å². The Hall–Kier alpha value is -2.04. The zero-order chi connectivity index (χ0) is 13.1. The van der Waals surface area contributed by atoms with Crippen molar-refractivity contribution < 1.29 is 14.3 Å². The highest BCUT2D eigenvalue weighted by Gasteiger charge is 2.28. The molecule has 1 heterocycles. The van der Waals surface area contributed by atoms with Crippen molar-refractivity contribution in [2.24, 2.45) is 5.92 Å². The molecule has 1 aliphatic heterocycles. The molecule has 96 valence electrons. The number of rotatable bonds is 3. The third-order valence-electron chi connectivity index (χ3n) is 2.96. The average molecular weight is 248 g/mol. The molecule has 1 unspecified atom stereocenters. The van der Waals surface area contributed by atoms with Gasteiger partial charge in [0, 0.05) is 13.0 Å². The van der Waals surface area contributed by atoms with Gasteiger partial charge < -0.3 is 15.4 Å². The summed E-state index contributed by atoms with van der Waals surface area (Å²) in [6.45, 7) is 2.35. The van der Waals surface area contributed by atoms with Crippen LogP contribution in [0.1, 0.15) is 12.0 Å². The molecule has 0 saturated carbocycles. The van der Waals surface area contributed by atoms with Crippen molar-refractivity contribution in [3.05, 3.63) is 23.8 Å². The Bertz CT molecular complexity index is 485. The summed E-state index contributed by atoms with van der Waals surface area (Å²) in [5.41, 5.74) is 1.69. The number of nitrogens with one attached hydrogen (secondary N) is 2. The monoisotopic (exact) mass is 248 g/mol. The van der Waals surface area contributed by atoms with Gasteiger partial charge in [0.1, 0.15) is 5.75 Å². The van der Waals surface area contributed by atoms with E-state index in [-0.39, 0.29) is 24.2 Å². The van der Waals surface area contributed by atoms with E-state index in [1.54, 1.807) is 13.2 Å². The fourth-order valence-corrected chi connectivity index (χ4v) is 1.93. The Kier molecular flexibility index (Phi) is 3.50. The number of aryl methyl sites for hydroxylation is 1. The maximum atomic E-state index is 12.0. The smallest absolute Gasteiger partial charge is 0.229 e. The van der Waals surface area contributed by atoms with Crippen molar-refractivity contribution in [3.63, 3.8) is 0 Å². The fourth-order valence-electron chi connectivity index (χ4n) is 1.93. The van der Waals surface area contributed by atoms with Crippen molar-refractivity contribution >= 4 is 17.5 Å². The normalized spacial score (nSPS) is 18.3. The van der Waals surface area contributed by atoms with Gasteiger partial charge in [-0.3, -0.25) is 9.59 Å². The molecule has 0 aromatic heterocycles. The van der Waals surface area contributed by atoms with E-state index in [4.69, 9.17) is 4.74 Å². The molecule has 1 fully saturated rings. The second kappa shape index (κ2) is 5.08. The van der Waals surface area contributed by atoms with Gasteiger partial charge in [-0.15, -0.1) is 0 Å². The molecule has 0 bridgehead atoms. The van der Waals surface area contributed by atoms with Crippen LogP contribution >= 0.6 is 0 Å². The first-order valence-electron chi connectivity index (χ1n) is 5.82. The van der Waals surface area contributed by atoms with Crippen LogP contribution < -0.4 is 15.4 Å². The number of anilines is 1. The Morgan fingerprint density at radius 1 is 1.50 bits per heavy atom. The van der Waals surface area contributed by atoms with Crippen molar-refractivity contribution in [3.8, 4) is 5.75 Å². The molecular formula is C13H16N2O3. The number of methoxy groups -OCH3 is 1. The molecule has 1 aromatic rings. The molecule has 0 radical (unpaired) electrons. The van der Waals surface area contributed by atoms with Crippen LogP contribution in [0.2, 0.25) is 0 Å². The van der Waals surface area contributed by atoms with E-state index < -0.39 is 0 Å². The lowest BCUT2D eigenvalue weighted by molar-refractivity contribution is -0.123. The minimum absolute atomic E-state index is 0.0778. The summed E-state index contributed by atoms with van der Waals surface area (Å²) >= 11 is 0. The number of carbonyl (C=O) groups is 2. The molecule has 1 saturated heterocycles. The van der Waals surface area contributed by atoms with Gasteiger partial charge in [0.15, 0.2) is 0 Å². The standard InChI is InChI=1S/C13H16N2O3/c1-8-3-4-10(11(5-8)18-2)15-13(17)9-6-12(16)14-7-9/h3-5,9H,6-7H2,1-2H3,(H,14,16)(H,15,17). The molecule has 5 nitrogen and oxygen atoms in total. The zero-order valence-corrected chi connectivity index (χ0v) is 10.4. The van der Waals surface area contributed by atoms with Gasteiger partial charge in [-0.25, -0.2) is 0 Å². The Balaban J connectivity index is 2.09. The molecule has 1 aliphatic rings. The zero-order valence-electron chi connectivity index (χ0n) is 10.4. The van der Waals surface area contributed by atoms with Gasteiger partial charge in [0.2, 0.25) is 11.8 Å². The van der Waals surface area contributed by atoms with Crippen LogP contribution in [-0.2, 0) is 9.59 Å². The van der Waals surface area contributed by atoms with E-state index in [2.05, 4.69) is 10.6 Å². The van der Waals surface area contributed by atoms with Crippen LogP contribution in [0, 0.1) is 12.8 Å². The molecule has 1 aromatic carbocycles. The third-order valence-corrected chi connectivity index (χ3v) is 2.96. The summed E-state index contributed by atoms with van der Waals surface area (Å²) in [6, 6.07) is 5.56. The van der Waals surface area contributed by atoms with Gasteiger partial charge in [0.25, 0.3) is 0 Å². The van der Waals surface area contributed by atoms with Crippen molar-refractivity contribution in [1.29, 1.82) is 0 Å². The molecule has 18 heavy (non-hydrogen) atoms. The number of ether oxygens (including phenoxy) is 1. The second-order valence-electron chi connectivity index (χ2n) is 4.40. The predicted octanol–water partition coefficient (Wildman–Crippen LogP) is 1.08. The topological polar surface area (TPSA) is 67.4 Å². The van der Waals surface area contributed by atoms with Crippen LogP contribution in [0.5, 0.6) is 5.75 Å². The van der Waals surface area contributed by atoms with Crippen LogP contribution in [-0.4, -0.2) is 25.5 Å². The number of hydrogen-bond donors (Lipinski definition) is 2. The van der Waals surface area contributed by atoms with E-state index >= 15 is 0 Å². The summed E-state index contributed by atoms with van der Waals surface area (Å²) in [5, 5.41) is 5.44. The summed E-state index contributed by atoms with van der Waals surface area (Å²) in [6.07, 6.45) is 0.250. The summed E-state index contributed by atoms with van der Waals surface area (Å²) < 4.78 is 5.21. The molecule has 2 N–H and O–H groups in total. The highest BCUT2D eigenvalue weighted by Crippen LogP contribution is 2.26. The van der Waals surface area contributed by atoms with Crippen LogP contribution in [0.15, 0.2) is 18.2 Å². The van der Waals surface area contributed by atoms with Gasteiger partial charge in [-0.1, -0.05) is 6.07 Å². The first-order valence-corrected chi connectivity index (χ1v) is 5.82. The number of amides is 2. The third kappa shape index (κ3) is 2.61. The molecule has 5 heteroatoms. The SMILES string of the molecule is COc1cc(C)ccc1NC(=O)C1CNC(=O)C1. The molecular weight excluding hydrogens is 232 g/mol. The maximum absolute atomic E-state index is 12.0. The fraction of sp³-hybridized carbons (Fsp3) is 0.385. The first kappa shape index (κ1) is 12.4. The van der Waals surface area contributed by atoms with Gasteiger partial charge in [0.05, 0.1) is 18.7 Å². The number of hydrogen-bond acceptors (Lipinski definition) is 3. The minimum Gasteiger partial charge on any atom is -0.495 e. The van der Waals surface area contributed by atoms with Crippen molar-refractivity contribution in [2.75, 3.05) is 19.0 Å². The lowest BCUT2D eigenvalue weighted by Crippen LogP contribution is -2.24. The second-order valence-corrected chi connectivity index (χ2v) is 4.40. The van der Waals surface area contributed by atoms with Crippen molar-refractivity contribution in [1.82, 2.24) is 5.32 Å². The Morgan fingerprint density at radius 3 is 2.89 bits per heavy atom.